The first-order chi connectivity index (χ1) is 8.65. The fraction of sp³-hybridized carbons (Fsp3) is 0.500. The largest absolute Gasteiger partial charge is 0.389 e. The van der Waals surface area contributed by atoms with Crippen LogP contribution in [0.25, 0.3) is 0 Å². The third kappa shape index (κ3) is 3.55. The summed E-state index contributed by atoms with van der Waals surface area (Å²) in [6.45, 7) is 2.48. The van der Waals surface area contributed by atoms with E-state index in [1.54, 1.807) is 19.1 Å². The zero-order valence-electron chi connectivity index (χ0n) is 10.6. The van der Waals surface area contributed by atoms with E-state index in [1.165, 1.54) is 0 Å². The summed E-state index contributed by atoms with van der Waals surface area (Å²) in [4.78, 5) is 11.7. The molecule has 0 spiro atoms. The molecule has 1 aromatic rings. The molecule has 1 fully saturated rings. The number of benzene rings is 1. The fourth-order valence-corrected chi connectivity index (χ4v) is 2.07. The molecule has 1 saturated heterocycles. The molecule has 1 aromatic carbocycles. The maximum Gasteiger partial charge on any atom is 0.226 e. The zero-order valence-corrected chi connectivity index (χ0v) is 10.6. The number of amides is 1. The Kier molecular flexibility index (Phi) is 4.33. The number of aliphatic hydroxyl groups is 1. The number of carbonyl (C=O) groups excluding carboxylic acids is 1. The maximum atomic E-state index is 11.7. The van der Waals surface area contributed by atoms with Gasteiger partial charge >= 0.3 is 0 Å². The molecule has 18 heavy (non-hydrogen) atoms. The van der Waals surface area contributed by atoms with Gasteiger partial charge in [-0.2, -0.15) is 0 Å². The molecule has 1 amide bonds. The lowest BCUT2D eigenvalue weighted by molar-refractivity contribution is -0.118. The fourth-order valence-electron chi connectivity index (χ4n) is 2.07. The second-order valence-electron chi connectivity index (χ2n) is 4.69. The monoisotopic (exact) mass is 249 g/mol. The number of hydrogen-bond acceptors (Lipinski definition) is 3. The van der Waals surface area contributed by atoms with Crippen LogP contribution in [0.3, 0.4) is 0 Å². The molecule has 2 N–H and O–H groups in total. The van der Waals surface area contributed by atoms with Gasteiger partial charge in [0, 0.05) is 12.3 Å². The molecule has 2 atom stereocenters. The summed E-state index contributed by atoms with van der Waals surface area (Å²) in [5, 5.41) is 12.2. The lowest BCUT2D eigenvalue weighted by atomic mass is 10.1. The van der Waals surface area contributed by atoms with Crippen molar-refractivity contribution in [3.8, 4) is 0 Å². The van der Waals surface area contributed by atoms with E-state index in [1.807, 2.05) is 12.1 Å². The van der Waals surface area contributed by atoms with Crippen LogP contribution in [-0.2, 0) is 9.53 Å². The van der Waals surface area contributed by atoms with Crippen molar-refractivity contribution in [3.05, 3.63) is 29.8 Å². The van der Waals surface area contributed by atoms with Gasteiger partial charge in [-0.05, 0) is 37.5 Å². The van der Waals surface area contributed by atoms with E-state index in [0.29, 0.717) is 6.42 Å². The molecule has 0 radical (unpaired) electrons. The summed E-state index contributed by atoms with van der Waals surface area (Å²) in [6.07, 6.45) is 2.01. The number of nitrogens with one attached hydrogen (secondary N) is 1. The van der Waals surface area contributed by atoms with Crippen LogP contribution in [0.4, 0.5) is 5.69 Å². The molecule has 0 aliphatic carbocycles. The summed E-state index contributed by atoms with van der Waals surface area (Å²) in [5.74, 6) is -0.0216. The molecule has 1 aliphatic heterocycles. The molecule has 4 nitrogen and oxygen atoms in total. The number of aliphatic hydroxyl groups excluding tert-OH is 1. The van der Waals surface area contributed by atoms with Crippen LogP contribution in [0.15, 0.2) is 24.3 Å². The Morgan fingerprint density at radius 3 is 2.78 bits per heavy atom. The quantitative estimate of drug-likeness (QED) is 0.860. The van der Waals surface area contributed by atoms with Gasteiger partial charge in [-0.25, -0.2) is 0 Å². The predicted molar refractivity (Wildman–Crippen MR) is 69.3 cm³/mol. The molecule has 0 saturated carbocycles. The Morgan fingerprint density at radius 2 is 2.22 bits per heavy atom. The average molecular weight is 249 g/mol. The summed E-state index contributed by atoms with van der Waals surface area (Å²) in [6, 6.07) is 7.23. The molecule has 0 bridgehead atoms. The minimum absolute atomic E-state index is 0.0216. The number of anilines is 1. The summed E-state index contributed by atoms with van der Waals surface area (Å²) >= 11 is 0. The lowest BCUT2D eigenvalue weighted by Crippen LogP contribution is -2.19. The highest BCUT2D eigenvalue weighted by Gasteiger charge is 2.18. The Morgan fingerprint density at radius 1 is 1.50 bits per heavy atom. The van der Waals surface area contributed by atoms with Gasteiger partial charge in [0.2, 0.25) is 5.91 Å². The average Bonchev–Trinajstić information content (AvgIpc) is 2.82. The van der Waals surface area contributed by atoms with Crippen LogP contribution < -0.4 is 5.32 Å². The van der Waals surface area contributed by atoms with Gasteiger partial charge in [-0.3, -0.25) is 4.79 Å². The van der Waals surface area contributed by atoms with E-state index < -0.39 is 6.10 Å². The van der Waals surface area contributed by atoms with E-state index in [4.69, 9.17) is 4.74 Å². The highest BCUT2D eigenvalue weighted by atomic mass is 16.5. The Balaban J connectivity index is 1.86. The van der Waals surface area contributed by atoms with Crippen molar-refractivity contribution in [1.82, 2.24) is 0 Å². The van der Waals surface area contributed by atoms with Gasteiger partial charge in [0.25, 0.3) is 0 Å². The summed E-state index contributed by atoms with van der Waals surface area (Å²) in [5.41, 5.74) is 1.59. The predicted octanol–water partition coefficient (Wildman–Crippen LogP) is 2.25. The van der Waals surface area contributed by atoms with Crippen LogP contribution in [-0.4, -0.2) is 23.7 Å². The van der Waals surface area contributed by atoms with Crippen molar-refractivity contribution in [3.63, 3.8) is 0 Å². The van der Waals surface area contributed by atoms with Crippen molar-refractivity contribution in [2.75, 3.05) is 11.9 Å². The Labute approximate surface area is 107 Å². The molecule has 1 heterocycles. The third-order valence-corrected chi connectivity index (χ3v) is 3.11. The minimum atomic E-state index is -0.485. The first-order valence-corrected chi connectivity index (χ1v) is 6.34. The smallest absolute Gasteiger partial charge is 0.226 e. The number of carbonyl (C=O) groups is 1. The molecular weight excluding hydrogens is 230 g/mol. The Hall–Kier alpha value is -1.39. The molecule has 0 aromatic heterocycles. The van der Waals surface area contributed by atoms with Crippen molar-refractivity contribution in [2.24, 2.45) is 0 Å². The topological polar surface area (TPSA) is 58.6 Å². The number of hydrogen-bond donors (Lipinski definition) is 2. The first-order valence-electron chi connectivity index (χ1n) is 6.34. The van der Waals surface area contributed by atoms with Crippen LogP contribution >= 0.6 is 0 Å². The Bertz CT molecular complexity index is 394. The van der Waals surface area contributed by atoms with Gasteiger partial charge in [0.05, 0.1) is 18.6 Å². The van der Waals surface area contributed by atoms with E-state index in [9.17, 15) is 9.90 Å². The van der Waals surface area contributed by atoms with E-state index in [0.717, 1.165) is 30.7 Å². The molecule has 1 aliphatic rings. The number of ether oxygens (including phenoxy) is 1. The molecule has 2 rings (SSSR count). The van der Waals surface area contributed by atoms with Crippen molar-refractivity contribution in [2.45, 2.75) is 38.4 Å². The van der Waals surface area contributed by atoms with Gasteiger partial charge in [-0.15, -0.1) is 0 Å². The van der Waals surface area contributed by atoms with Crippen LogP contribution in [0, 0.1) is 0 Å². The highest BCUT2D eigenvalue weighted by Crippen LogP contribution is 2.18. The van der Waals surface area contributed by atoms with Gasteiger partial charge in [-0.1, -0.05) is 12.1 Å². The normalized spacial score (nSPS) is 20.7. The van der Waals surface area contributed by atoms with E-state index in [-0.39, 0.29) is 12.0 Å². The van der Waals surface area contributed by atoms with Crippen LogP contribution in [0.2, 0.25) is 0 Å². The van der Waals surface area contributed by atoms with Gasteiger partial charge in [0.1, 0.15) is 0 Å². The van der Waals surface area contributed by atoms with Crippen molar-refractivity contribution < 1.29 is 14.6 Å². The van der Waals surface area contributed by atoms with Crippen LogP contribution in [0.1, 0.15) is 37.9 Å². The standard InChI is InChI=1S/C14H19NO3/c1-10(16)11-4-6-12(7-5-11)15-14(17)9-13-3-2-8-18-13/h4-7,10,13,16H,2-3,8-9H2,1H3,(H,15,17). The van der Waals surface area contributed by atoms with Gasteiger partial charge < -0.3 is 15.2 Å². The van der Waals surface area contributed by atoms with Crippen molar-refractivity contribution in [1.29, 1.82) is 0 Å². The summed E-state index contributed by atoms with van der Waals surface area (Å²) < 4.78 is 5.42. The zero-order chi connectivity index (χ0) is 13.0. The molecule has 4 heteroatoms. The SMILES string of the molecule is CC(O)c1ccc(NC(=O)CC2CCCO2)cc1. The molecular formula is C14H19NO3. The van der Waals surface area contributed by atoms with E-state index >= 15 is 0 Å². The second kappa shape index (κ2) is 5.98. The minimum Gasteiger partial charge on any atom is -0.389 e. The maximum absolute atomic E-state index is 11.7. The third-order valence-electron chi connectivity index (χ3n) is 3.11. The molecule has 2 unspecified atom stereocenters. The summed E-state index contributed by atoms with van der Waals surface area (Å²) in [7, 11) is 0. The van der Waals surface area contributed by atoms with E-state index in [2.05, 4.69) is 5.32 Å². The lowest BCUT2D eigenvalue weighted by Gasteiger charge is -2.10. The van der Waals surface area contributed by atoms with Crippen LogP contribution in [0.5, 0.6) is 0 Å². The van der Waals surface area contributed by atoms with Crippen molar-refractivity contribution >= 4 is 11.6 Å². The number of rotatable bonds is 4. The first kappa shape index (κ1) is 13.1. The van der Waals surface area contributed by atoms with Gasteiger partial charge in [0.15, 0.2) is 0 Å². The second-order valence-corrected chi connectivity index (χ2v) is 4.69. The highest BCUT2D eigenvalue weighted by molar-refractivity contribution is 5.91. The molecule has 98 valence electrons.